The molecule has 2 amide bonds. The van der Waals surface area contributed by atoms with Crippen LogP contribution in [0.5, 0.6) is 0 Å². The molecule has 1 aliphatic heterocycles. The molecule has 1 aliphatic carbocycles. The van der Waals surface area contributed by atoms with Crippen LogP contribution in [0.3, 0.4) is 0 Å². The summed E-state index contributed by atoms with van der Waals surface area (Å²) in [7, 11) is 0. The Morgan fingerprint density at radius 2 is 2.10 bits per heavy atom. The zero-order valence-electron chi connectivity index (χ0n) is 12.7. The summed E-state index contributed by atoms with van der Waals surface area (Å²) in [6.07, 6.45) is 1.85. The Morgan fingerprint density at radius 3 is 2.62 bits per heavy atom. The van der Waals surface area contributed by atoms with Gasteiger partial charge < -0.3 is 15.2 Å². The quantitative estimate of drug-likeness (QED) is 0.808. The summed E-state index contributed by atoms with van der Waals surface area (Å²) >= 11 is 1.54. The third kappa shape index (κ3) is 3.63. The Bertz CT molecular complexity index is 398. The predicted molar refractivity (Wildman–Crippen MR) is 81.3 cm³/mol. The van der Waals surface area contributed by atoms with E-state index in [9.17, 15) is 14.7 Å². The van der Waals surface area contributed by atoms with Crippen LogP contribution in [0.1, 0.15) is 33.6 Å². The van der Waals surface area contributed by atoms with Crippen LogP contribution in [0.15, 0.2) is 0 Å². The number of carboxylic acid groups (broad SMARTS) is 1. The average molecular weight is 316 g/mol. The maximum atomic E-state index is 12.4. The van der Waals surface area contributed by atoms with Crippen molar-refractivity contribution in [2.45, 2.75) is 57.2 Å². The number of nitrogens with zero attached hydrogens (tertiary/aromatic N) is 1. The van der Waals surface area contributed by atoms with Gasteiger partial charge in [-0.05, 0) is 25.7 Å². The molecule has 2 fully saturated rings. The number of ether oxygens (including phenoxy) is 1. The molecule has 0 aromatic rings. The van der Waals surface area contributed by atoms with Gasteiger partial charge in [0.05, 0.1) is 11.5 Å². The van der Waals surface area contributed by atoms with Gasteiger partial charge in [0, 0.05) is 18.4 Å². The van der Waals surface area contributed by atoms with E-state index in [1.54, 1.807) is 11.8 Å². The molecule has 120 valence electrons. The third-order valence-corrected chi connectivity index (χ3v) is 5.57. The van der Waals surface area contributed by atoms with Crippen LogP contribution in [0.25, 0.3) is 0 Å². The lowest BCUT2D eigenvalue weighted by atomic mass is 9.89. The van der Waals surface area contributed by atoms with E-state index in [1.807, 2.05) is 20.8 Å². The normalized spacial score (nSPS) is 32.1. The van der Waals surface area contributed by atoms with Gasteiger partial charge in [-0.1, -0.05) is 13.8 Å². The van der Waals surface area contributed by atoms with E-state index in [-0.39, 0.29) is 29.5 Å². The fourth-order valence-electron chi connectivity index (χ4n) is 2.79. The highest BCUT2D eigenvalue weighted by molar-refractivity contribution is 8.00. The minimum Gasteiger partial charge on any atom is -0.480 e. The Labute approximate surface area is 129 Å². The fourth-order valence-corrected chi connectivity index (χ4v) is 4.26. The number of hydrogen-bond donors (Lipinski definition) is 2. The second-order valence-corrected chi connectivity index (χ2v) is 7.07. The van der Waals surface area contributed by atoms with E-state index in [0.29, 0.717) is 12.4 Å². The number of rotatable bonds is 5. The highest BCUT2D eigenvalue weighted by atomic mass is 32.2. The Morgan fingerprint density at radius 1 is 1.43 bits per heavy atom. The first kappa shape index (κ1) is 16.4. The summed E-state index contributed by atoms with van der Waals surface area (Å²) in [5.41, 5.74) is 0. The molecule has 2 N–H and O–H groups in total. The number of carboxylic acids is 1. The number of urea groups is 1. The molecule has 0 spiro atoms. The van der Waals surface area contributed by atoms with Crippen molar-refractivity contribution >= 4 is 23.8 Å². The van der Waals surface area contributed by atoms with Crippen LogP contribution in [-0.2, 0) is 9.53 Å². The van der Waals surface area contributed by atoms with Gasteiger partial charge in [0.15, 0.2) is 0 Å². The lowest BCUT2D eigenvalue weighted by Gasteiger charge is -2.38. The molecular formula is C14H24N2O4S. The molecule has 1 saturated carbocycles. The highest BCUT2D eigenvalue weighted by Gasteiger charge is 2.44. The molecule has 1 heterocycles. The zero-order chi connectivity index (χ0) is 15.6. The van der Waals surface area contributed by atoms with Gasteiger partial charge in [0.25, 0.3) is 0 Å². The minimum absolute atomic E-state index is 0.0751. The fraction of sp³-hybridized carbons (Fsp3) is 0.857. The van der Waals surface area contributed by atoms with Crippen LogP contribution in [0.4, 0.5) is 4.79 Å². The number of hydrogen-bond acceptors (Lipinski definition) is 4. The van der Waals surface area contributed by atoms with E-state index in [2.05, 4.69) is 5.32 Å². The SMILES string of the molecule is CCOC1CC(NC(=O)N2C(C(=O)O)CSC2C(C)C)C1. The van der Waals surface area contributed by atoms with Crippen molar-refractivity contribution in [1.82, 2.24) is 10.2 Å². The van der Waals surface area contributed by atoms with Gasteiger partial charge in [0.1, 0.15) is 6.04 Å². The van der Waals surface area contributed by atoms with Crippen molar-refractivity contribution in [3.63, 3.8) is 0 Å². The lowest BCUT2D eigenvalue weighted by molar-refractivity contribution is -0.141. The second kappa shape index (κ2) is 6.87. The van der Waals surface area contributed by atoms with Crippen LogP contribution >= 0.6 is 11.8 Å². The number of aliphatic carboxylic acids is 1. The lowest BCUT2D eigenvalue weighted by Crippen LogP contribution is -2.56. The molecule has 0 aromatic carbocycles. The van der Waals surface area contributed by atoms with Crippen LogP contribution < -0.4 is 5.32 Å². The van der Waals surface area contributed by atoms with Gasteiger partial charge >= 0.3 is 12.0 Å². The largest absolute Gasteiger partial charge is 0.480 e. The molecular weight excluding hydrogens is 292 g/mol. The number of carbonyl (C=O) groups is 2. The monoisotopic (exact) mass is 316 g/mol. The zero-order valence-corrected chi connectivity index (χ0v) is 13.6. The van der Waals surface area contributed by atoms with Crippen LogP contribution in [-0.4, -0.2) is 57.9 Å². The average Bonchev–Trinajstić information content (AvgIpc) is 2.81. The highest BCUT2D eigenvalue weighted by Crippen LogP contribution is 2.34. The molecule has 0 radical (unpaired) electrons. The van der Waals surface area contributed by atoms with Crippen molar-refractivity contribution < 1.29 is 19.4 Å². The summed E-state index contributed by atoms with van der Waals surface area (Å²) in [4.78, 5) is 25.3. The topological polar surface area (TPSA) is 78.9 Å². The predicted octanol–water partition coefficient (Wildman–Crippen LogP) is 1.75. The first-order chi connectivity index (χ1) is 9.93. The molecule has 2 aliphatic rings. The molecule has 2 unspecified atom stereocenters. The number of nitrogens with one attached hydrogen (secondary N) is 1. The number of amides is 2. The van der Waals surface area contributed by atoms with Gasteiger partial charge in [-0.25, -0.2) is 9.59 Å². The standard InChI is InChI=1S/C14H24N2O4S/c1-4-20-10-5-9(6-10)15-14(19)16-11(13(17)18)7-21-12(16)8(2)3/h8-12H,4-7H2,1-3H3,(H,15,19)(H,17,18). The maximum Gasteiger partial charge on any atom is 0.327 e. The van der Waals surface area contributed by atoms with E-state index >= 15 is 0 Å². The molecule has 1 saturated heterocycles. The molecule has 2 rings (SSSR count). The van der Waals surface area contributed by atoms with Crippen LogP contribution in [0, 0.1) is 5.92 Å². The first-order valence-electron chi connectivity index (χ1n) is 7.48. The Kier molecular flexibility index (Phi) is 5.37. The summed E-state index contributed by atoms with van der Waals surface area (Å²) in [6.45, 7) is 6.66. The number of carbonyl (C=O) groups excluding carboxylic acids is 1. The van der Waals surface area contributed by atoms with Crippen molar-refractivity contribution in [3.8, 4) is 0 Å². The molecule has 0 bridgehead atoms. The van der Waals surface area contributed by atoms with Gasteiger partial charge in [-0.2, -0.15) is 0 Å². The van der Waals surface area contributed by atoms with E-state index < -0.39 is 12.0 Å². The maximum absolute atomic E-state index is 12.4. The van der Waals surface area contributed by atoms with Crippen molar-refractivity contribution in [2.24, 2.45) is 5.92 Å². The van der Waals surface area contributed by atoms with Crippen molar-refractivity contribution in [1.29, 1.82) is 0 Å². The Hall–Kier alpha value is -0.950. The first-order valence-corrected chi connectivity index (χ1v) is 8.53. The third-order valence-electron chi connectivity index (χ3n) is 3.95. The summed E-state index contributed by atoms with van der Waals surface area (Å²) in [5.74, 6) is -0.248. The van der Waals surface area contributed by atoms with Gasteiger partial charge in [0.2, 0.25) is 0 Å². The molecule has 2 atom stereocenters. The van der Waals surface area contributed by atoms with Crippen molar-refractivity contribution in [3.05, 3.63) is 0 Å². The van der Waals surface area contributed by atoms with E-state index in [0.717, 1.165) is 12.8 Å². The smallest absolute Gasteiger partial charge is 0.327 e. The second-order valence-electron chi connectivity index (χ2n) is 5.92. The van der Waals surface area contributed by atoms with E-state index in [4.69, 9.17) is 4.74 Å². The molecule has 21 heavy (non-hydrogen) atoms. The molecule has 6 nitrogen and oxygen atoms in total. The summed E-state index contributed by atoms with van der Waals surface area (Å²) in [6, 6.07) is -0.891. The van der Waals surface area contributed by atoms with Crippen LogP contribution in [0.2, 0.25) is 0 Å². The molecule has 7 heteroatoms. The van der Waals surface area contributed by atoms with Gasteiger partial charge in [-0.3, -0.25) is 4.90 Å². The molecule has 0 aromatic heterocycles. The number of thioether (sulfide) groups is 1. The Balaban J connectivity index is 1.93. The summed E-state index contributed by atoms with van der Waals surface area (Å²) < 4.78 is 5.47. The summed E-state index contributed by atoms with van der Waals surface area (Å²) in [5, 5.41) is 12.2. The van der Waals surface area contributed by atoms with Gasteiger partial charge in [-0.15, -0.1) is 11.8 Å². The van der Waals surface area contributed by atoms with Crippen molar-refractivity contribution in [2.75, 3.05) is 12.4 Å². The van der Waals surface area contributed by atoms with E-state index in [1.165, 1.54) is 4.90 Å². The minimum atomic E-state index is -0.929.